The number of rotatable bonds is 12. The number of carbonyl (C=O) groups excluding carboxylic acids is 3. The molecule has 3 aromatic heterocycles. The first kappa shape index (κ1) is 53.7. The fraction of sp³-hybridized carbons (Fsp3) is 0.683. The van der Waals surface area contributed by atoms with Crippen LogP contribution in [0.5, 0.6) is 0 Å². The van der Waals surface area contributed by atoms with Gasteiger partial charge in [-0.2, -0.15) is 0 Å². The van der Waals surface area contributed by atoms with Crippen LogP contribution in [-0.2, 0) is 55.8 Å². The highest BCUT2D eigenvalue weighted by molar-refractivity contribution is 7.10. The Morgan fingerprint density at radius 1 is 0.949 bits per heavy atom. The third-order valence-corrected chi connectivity index (χ3v) is 20.1. The molecule has 3 saturated carbocycles. The second-order valence-electron chi connectivity index (χ2n) is 25.8. The number of morpholine rings is 1. The Balaban J connectivity index is 0.956. The number of benzene rings is 1. The van der Waals surface area contributed by atoms with Gasteiger partial charge in [-0.1, -0.05) is 19.9 Å². The van der Waals surface area contributed by atoms with Crippen molar-refractivity contribution in [3.8, 4) is 22.5 Å². The number of methoxy groups -OCH3 is 1. The van der Waals surface area contributed by atoms with Crippen LogP contribution < -0.4 is 15.6 Å². The molecule has 7 saturated heterocycles. The third-order valence-electron chi connectivity index (χ3n) is 19.2. The number of hydrogen-bond donors (Lipinski definition) is 2. The Bertz CT molecular complexity index is 2950. The fourth-order valence-electron chi connectivity index (χ4n) is 14.4. The van der Waals surface area contributed by atoms with E-state index in [0.717, 1.165) is 95.4 Å². The van der Waals surface area contributed by atoms with E-state index in [2.05, 4.69) is 94.3 Å². The summed E-state index contributed by atoms with van der Waals surface area (Å²) >= 11 is 1.51. The highest BCUT2D eigenvalue weighted by Crippen LogP contribution is 2.53. The molecule has 6 atom stereocenters. The SMILES string of the molecule is CO[C@@H](C)c1ncc(N2CCN(C3CC3)CC2)cc1-c1c2c3cc(ccc3n1CCO[C@H]1CCOC(C)(C)C1)-c1csc(n1)[C@@H](N1CCOCC1)[C@H](NC(=O)C13CC(C1)[C@H](C)O3)C(=O)N1N[C@H](C(=O)OCC(C)(C)C2)C2CC1C2. The van der Waals surface area contributed by atoms with Gasteiger partial charge < -0.3 is 43.2 Å². The van der Waals surface area contributed by atoms with Crippen molar-refractivity contribution >= 4 is 45.7 Å². The molecule has 2 N–H and O–H groups in total. The van der Waals surface area contributed by atoms with Crippen LogP contribution in [0.2, 0.25) is 0 Å². The lowest BCUT2D eigenvalue weighted by Gasteiger charge is -2.53. The first-order valence-corrected chi connectivity index (χ1v) is 30.4. The number of ether oxygens (including phenoxy) is 6. The van der Waals surface area contributed by atoms with Crippen molar-refractivity contribution in [1.82, 2.24) is 40.1 Å². The Kier molecular flexibility index (Phi) is 14.3. The van der Waals surface area contributed by atoms with Gasteiger partial charge in [-0.15, -0.1) is 11.3 Å². The molecule has 0 spiro atoms. The topological polar surface area (TPSA) is 174 Å². The summed E-state index contributed by atoms with van der Waals surface area (Å²) in [6, 6.07) is 7.16. The molecule has 11 heterocycles. The second-order valence-corrected chi connectivity index (χ2v) is 26.7. The van der Waals surface area contributed by atoms with Gasteiger partial charge in [-0.25, -0.2) is 10.4 Å². The van der Waals surface area contributed by atoms with E-state index in [4.69, 9.17) is 38.4 Å². The second kappa shape index (κ2) is 21.0. The van der Waals surface area contributed by atoms with Crippen molar-refractivity contribution in [1.29, 1.82) is 0 Å². The average Bonchev–Trinajstić information content (AvgIpc) is 4.06. The van der Waals surface area contributed by atoms with Crippen molar-refractivity contribution in [2.24, 2.45) is 17.3 Å². The maximum atomic E-state index is 15.6. The predicted molar refractivity (Wildman–Crippen MR) is 299 cm³/mol. The largest absolute Gasteiger partial charge is 0.464 e. The Hall–Kier alpha value is -4.57. The van der Waals surface area contributed by atoms with Crippen LogP contribution in [0.3, 0.4) is 0 Å². The highest BCUT2D eigenvalue weighted by atomic mass is 32.1. The molecule has 1 aromatic carbocycles. The standard InChI is InChI=1S/C60H81N9O9S/c1-35-39-28-60(29-39,78-35)57(72)63-51-53(67-17-21-74-22-18-67)54-62-47(33-79-54)37-8-11-48-44(26-37)46(31-58(3,4)34-76-56(71)50-38-24-41(25-38)69(64-50)55(51)70)52(68(48)19-23-75-43-12-20-77-59(5,6)30-43)45-27-42(32-61-49(45)36(2)73-7)66-15-13-65(14-16-66)40-9-10-40/h8,11,26-27,32-33,35-36,38-41,43,50-51,53,64H,9-10,12-25,28-31,34H2,1-7H3,(H,63,72)/t35-,36-,38?,39?,41?,43-,50-,51-,53-,60?/m0/s1. The molecule has 3 aliphatic carbocycles. The summed E-state index contributed by atoms with van der Waals surface area (Å²) in [4.78, 5) is 63.1. The molecule has 8 aliphatic heterocycles. The summed E-state index contributed by atoms with van der Waals surface area (Å²) in [6.45, 7) is 20.5. The molecule has 0 radical (unpaired) electrons. The van der Waals surface area contributed by atoms with Gasteiger partial charge in [0.2, 0.25) is 0 Å². The molecule has 79 heavy (non-hydrogen) atoms. The summed E-state index contributed by atoms with van der Waals surface area (Å²) in [5, 5.41) is 8.82. The molecule has 426 valence electrons. The van der Waals surface area contributed by atoms with Gasteiger partial charge in [-0.3, -0.25) is 34.2 Å². The minimum Gasteiger partial charge on any atom is -0.464 e. The van der Waals surface area contributed by atoms with Crippen molar-refractivity contribution < 1.29 is 42.8 Å². The molecule has 4 aromatic rings. The number of carbonyl (C=O) groups is 3. The summed E-state index contributed by atoms with van der Waals surface area (Å²) in [5.74, 6) is -0.631. The number of esters is 1. The zero-order valence-corrected chi connectivity index (χ0v) is 48.1. The van der Waals surface area contributed by atoms with E-state index in [9.17, 15) is 9.59 Å². The van der Waals surface area contributed by atoms with E-state index in [-0.39, 0.29) is 60.3 Å². The number of piperazine rings is 1. The van der Waals surface area contributed by atoms with E-state index >= 15 is 4.79 Å². The third kappa shape index (κ3) is 10.2. The number of cyclic esters (lactones) is 1. The van der Waals surface area contributed by atoms with E-state index in [1.54, 1.807) is 12.1 Å². The molecule has 18 nitrogen and oxygen atoms in total. The highest BCUT2D eigenvalue weighted by Gasteiger charge is 2.62. The molecular formula is C60H81N9O9S. The molecule has 10 bridgehead atoms. The molecule has 15 rings (SSSR count). The minimum atomic E-state index is -1.05. The smallest absolute Gasteiger partial charge is 0.325 e. The monoisotopic (exact) mass is 1100 g/mol. The molecule has 2 amide bonds. The first-order valence-electron chi connectivity index (χ1n) is 29.5. The number of hydrogen-bond acceptors (Lipinski definition) is 16. The molecule has 11 aliphatic rings. The van der Waals surface area contributed by atoms with Crippen molar-refractivity contribution in [3.63, 3.8) is 0 Å². The van der Waals surface area contributed by atoms with Crippen molar-refractivity contribution in [2.45, 2.75) is 166 Å². The number of amides is 2. The Morgan fingerprint density at radius 3 is 2.46 bits per heavy atom. The number of nitrogens with one attached hydrogen (secondary N) is 2. The molecule has 19 heteroatoms. The fourth-order valence-corrected chi connectivity index (χ4v) is 15.3. The van der Waals surface area contributed by atoms with E-state index in [0.29, 0.717) is 89.1 Å². The van der Waals surface area contributed by atoms with Crippen LogP contribution in [0, 0.1) is 17.3 Å². The van der Waals surface area contributed by atoms with Crippen LogP contribution in [0.1, 0.15) is 121 Å². The quantitative estimate of drug-likeness (QED) is 0.141. The van der Waals surface area contributed by atoms with E-state index in [1.807, 2.05) is 13.1 Å². The first-order chi connectivity index (χ1) is 38.0. The number of thiazole rings is 1. The lowest BCUT2D eigenvalue weighted by atomic mass is 9.72. The van der Waals surface area contributed by atoms with Gasteiger partial charge in [0.1, 0.15) is 22.7 Å². The Morgan fingerprint density at radius 2 is 1.73 bits per heavy atom. The predicted octanol–water partition coefficient (Wildman–Crippen LogP) is 6.84. The number of anilines is 1. The lowest BCUT2D eigenvalue weighted by molar-refractivity contribution is -0.173. The zero-order valence-electron chi connectivity index (χ0n) is 47.3. The maximum absolute atomic E-state index is 15.6. The number of nitrogens with zero attached hydrogens (tertiary/aromatic N) is 7. The molecule has 0 unspecified atom stereocenters. The Labute approximate surface area is 468 Å². The van der Waals surface area contributed by atoms with Crippen LogP contribution in [0.4, 0.5) is 5.69 Å². The van der Waals surface area contributed by atoms with Gasteiger partial charge in [0.25, 0.3) is 11.8 Å². The van der Waals surface area contributed by atoms with Gasteiger partial charge in [0.05, 0.1) is 85.3 Å². The van der Waals surface area contributed by atoms with Gasteiger partial charge in [0, 0.05) is 111 Å². The van der Waals surface area contributed by atoms with Crippen molar-refractivity contribution in [3.05, 3.63) is 52.1 Å². The van der Waals surface area contributed by atoms with Crippen LogP contribution in [-0.4, -0.2) is 174 Å². The normalized spacial score (nSPS) is 32.2. The molecule has 10 fully saturated rings. The average molecular weight is 1100 g/mol. The van der Waals surface area contributed by atoms with E-state index < -0.39 is 29.1 Å². The van der Waals surface area contributed by atoms with Crippen LogP contribution in [0.25, 0.3) is 33.4 Å². The minimum absolute atomic E-state index is 0.00844. The van der Waals surface area contributed by atoms with Crippen LogP contribution in [0.15, 0.2) is 35.8 Å². The molecular weight excluding hydrogens is 1020 g/mol. The van der Waals surface area contributed by atoms with Crippen molar-refractivity contribution in [2.75, 3.05) is 84.3 Å². The summed E-state index contributed by atoms with van der Waals surface area (Å²) < 4.78 is 40.3. The summed E-state index contributed by atoms with van der Waals surface area (Å²) in [5.41, 5.74) is 9.47. The summed E-state index contributed by atoms with van der Waals surface area (Å²) in [7, 11) is 1.75. The maximum Gasteiger partial charge on any atom is 0.325 e. The van der Waals surface area contributed by atoms with Gasteiger partial charge in [0.15, 0.2) is 0 Å². The number of hydrazine groups is 1. The van der Waals surface area contributed by atoms with Gasteiger partial charge >= 0.3 is 5.97 Å². The number of aromatic nitrogens is 3. The lowest BCUT2D eigenvalue weighted by Crippen LogP contribution is -2.72. The van der Waals surface area contributed by atoms with Gasteiger partial charge in [-0.05, 0) is 115 Å². The summed E-state index contributed by atoms with van der Waals surface area (Å²) in [6.07, 6.45) is 9.12. The van der Waals surface area contributed by atoms with E-state index in [1.165, 1.54) is 24.2 Å². The van der Waals surface area contributed by atoms with Crippen LogP contribution >= 0.6 is 11.3 Å². The number of fused-ring (bicyclic) bond motifs is 5. The number of pyridine rings is 1. The zero-order chi connectivity index (χ0) is 54.5.